The Kier molecular flexibility index (Phi) is 4.82. The molecule has 38 heavy (non-hydrogen) atoms. The van der Waals surface area contributed by atoms with E-state index in [9.17, 15) is 16.8 Å². The van der Waals surface area contributed by atoms with Gasteiger partial charge in [-0.2, -0.15) is 0 Å². The van der Waals surface area contributed by atoms with Gasteiger partial charge in [0.2, 0.25) is 19.7 Å². The zero-order chi connectivity index (χ0) is 26.1. The first-order chi connectivity index (χ1) is 18.4. The molecule has 0 unspecified atom stereocenters. The van der Waals surface area contributed by atoms with Crippen molar-refractivity contribution in [2.24, 2.45) is 0 Å². The van der Waals surface area contributed by atoms with Crippen LogP contribution >= 0.6 is 0 Å². The molecule has 0 N–H and O–H groups in total. The van der Waals surface area contributed by atoms with Crippen LogP contribution in [-0.2, 0) is 19.7 Å². The maximum Gasteiger partial charge on any atom is 0.210 e. The number of sulfone groups is 2. The van der Waals surface area contributed by atoms with Crippen molar-refractivity contribution in [3.8, 4) is 0 Å². The van der Waals surface area contributed by atoms with Crippen LogP contribution in [0.15, 0.2) is 141 Å². The van der Waals surface area contributed by atoms with Gasteiger partial charge >= 0.3 is 0 Å². The maximum absolute atomic E-state index is 13.4. The summed E-state index contributed by atoms with van der Waals surface area (Å²) in [7, 11) is -7.37. The van der Waals surface area contributed by atoms with Gasteiger partial charge < -0.3 is 9.80 Å². The maximum atomic E-state index is 13.4. The summed E-state index contributed by atoms with van der Waals surface area (Å²) in [5.41, 5.74) is 3.74. The average molecular weight is 537 g/mol. The van der Waals surface area contributed by atoms with Gasteiger partial charge in [-0.1, -0.05) is 54.6 Å². The standard InChI is InChI=1S/C30H20N2O4S2/c33-37(34)27-16-5-1-12-23(27)31(24-13-2-6-17-28(24)37)21-10-9-11-22(20-21)32-25-14-3-7-18-29(25)38(35,36)30-19-8-4-15-26(30)32/h1-20H. The van der Waals surface area contributed by atoms with Gasteiger partial charge in [0, 0.05) is 11.4 Å². The first kappa shape index (κ1) is 22.8. The van der Waals surface area contributed by atoms with E-state index in [-0.39, 0.29) is 19.6 Å². The van der Waals surface area contributed by atoms with Crippen LogP contribution < -0.4 is 9.80 Å². The molecular formula is C30H20N2O4S2. The van der Waals surface area contributed by atoms with E-state index in [1.165, 1.54) is 0 Å². The fourth-order valence-corrected chi connectivity index (χ4v) is 8.54. The predicted molar refractivity (Wildman–Crippen MR) is 147 cm³/mol. The molecule has 0 saturated heterocycles. The first-order valence-corrected chi connectivity index (χ1v) is 14.9. The van der Waals surface area contributed by atoms with Gasteiger partial charge in [0.25, 0.3) is 0 Å². The van der Waals surface area contributed by atoms with Gasteiger partial charge in [-0.3, -0.25) is 0 Å². The van der Waals surface area contributed by atoms with Gasteiger partial charge in [0.1, 0.15) is 0 Å². The third kappa shape index (κ3) is 3.11. The highest BCUT2D eigenvalue weighted by Crippen LogP contribution is 2.51. The summed E-state index contributed by atoms with van der Waals surface area (Å²) in [6, 6.07) is 35.6. The third-order valence-corrected chi connectivity index (χ3v) is 10.6. The zero-order valence-corrected chi connectivity index (χ0v) is 21.5. The number of rotatable bonds is 2. The van der Waals surface area contributed by atoms with Crippen LogP contribution in [0.1, 0.15) is 0 Å². The largest absolute Gasteiger partial charge is 0.308 e. The molecule has 186 valence electrons. The predicted octanol–water partition coefficient (Wildman–Crippen LogP) is 6.92. The van der Waals surface area contributed by atoms with Crippen molar-refractivity contribution in [2.45, 2.75) is 19.6 Å². The summed E-state index contributed by atoms with van der Waals surface area (Å²) in [6.07, 6.45) is 0. The molecule has 5 aromatic carbocycles. The summed E-state index contributed by atoms with van der Waals surface area (Å²) in [5.74, 6) is 0. The molecule has 0 atom stereocenters. The molecule has 0 amide bonds. The SMILES string of the molecule is O=S1(=O)c2ccccc2N(c2cccc(N3c4ccccc4S(=O)(=O)c4ccccc43)c2)c2ccccc21. The molecule has 2 aliphatic rings. The van der Waals surface area contributed by atoms with Crippen LogP contribution in [0, 0.1) is 0 Å². The van der Waals surface area contributed by atoms with Crippen LogP contribution in [-0.4, -0.2) is 16.8 Å². The van der Waals surface area contributed by atoms with Crippen LogP contribution in [0.5, 0.6) is 0 Å². The molecule has 0 aromatic heterocycles. The second-order valence-corrected chi connectivity index (χ2v) is 12.8. The van der Waals surface area contributed by atoms with Crippen LogP contribution in [0.4, 0.5) is 34.1 Å². The van der Waals surface area contributed by atoms with Gasteiger partial charge in [-0.25, -0.2) is 16.8 Å². The molecule has 0 aliphatic carbocycles. The fraction of sp³-hybridized carbons (Fsp3) is 0. The van der Waals surface area contributed by atoms with E-state index >= 15 is 0 Å². The highest BCUT2D eigenvalue weighted by molar-refractivity contribution is 7.92. The van der Waals surface area contributed by atoms with Crippen molar-refractivity contribution in [3.05, 3.63) is 121 Å². The van der Waals surface area contributed by atoms with E-state index in [0.29, 0.717) is 22.7 Å². The number of hydrogen-bond acceptors (Lipinski definition) is 6. The molecule has 2 heterocycles. The molecule has 8 heteroatoms. The summed E-state index contributed by atoms with van der Waals surface area (Å²) in [6.45, 7) is 0. The lowest BCUT2D eigenvalue weighted by atomic mass is 10.1. The zero-order valence-electron chi connectivity index (χ0n) is 19.9. The lowest BCUT2D eigenvalue weighted by Gasteiger charge is -2.35. The van der Waals surface area contributed by atoms with Crippen molar-refractivity contribution < 1.29 is 16.8 Å². The normalized spacial score (nSPS) is 16.1. The van der Waals surface area contributed by atoms with E-state index < -0.39 is 19.7 Å². The van der Waals surface area contributed by atoms with Gasteiger partial charge in [0.15, 0.2) is 0 Å². The minimum Gasteiger partial charge on any atom is -0.308 e. The summed E-state index contributed by atoms with van der Waals surface area (Å²) >= 11 is 0. The first-order valence-electron chi connectivity index (χ1n) is 12.0. The Labute approximate surface area is 220 Å². The Bertz CT molecular complexity index is 1740. The van der Waals surface area contributed by atoms with E-state index in [4.69, 9.17) is 0 Å². The van der Waals surface area contributed by atoms with E-state index in [0.717, 1.165) is 11.4 Å². The van der Waals surface area contributed by atoms with Crippen molar-refractivity contribution in [2.75, 3.05) is 9.80 Å². The lowest BCUT2D eigenvalue weighted by molar-refractivity contribution is 0.593. The number of anilines is 6. The molecule has 0 radical (unpaired) electrons. The average Bonchev–Trinajstić information content (AvgIpc) is 2.94. The van der Waals surface area contributed by atoms with Crippen LogP contribution in [0.3, 0.4) is 0 Å². The Morgan fingerprint density at radius 2 is 0.658 bits per heavy atom. The molecule has 2 aliphatic heterocycles. The smallest absolute Gasteiger partial charge is 0.210 e. The quantitative estimate of drug-likeness (QED) is 0.239. The molecule has 0 bridgehead atoms. The van der Waals surface area contributed by atoms with E-state index in [1.54, 1.807) is 72.8 Å². The summed E-state index contributed by atoms with van der Waals surface area (Å²) in [4.78, 5) is 4.84. The monoisotopic (exact) mass is 536 g/mol. The Balaban J connectivity index is 1.47. The Hall–Kier alpha value is -4.40. The van der Waals surface area contributed by atoms with Crippen LogP contribution in [0.25, 0.3) is 0 Å². The number of hydrogen-bond donors (Lipinski definition) is 0. The minimum absolute atomic E-state index is 0.240. The van der Waals surface area contributed by atoms with Crippen molar-refractivity contribution in [3.63, 3.8) is 0 Å². The molecule has 0 saturated carbocycles. The molecule has 6 nitrogen and oxygen atoms in total. The van der Waals surface area contributed by atoms with Crippen molar-refractivity contribution >= 4 is 53.8 Å². The highest BCUT2D eigenvalue weighted by Gasteiger charge is 2.36. The second kappa shape index (κ2) is 8.05. The molecule has 7 rings (SSSR count). The number of para-hydroxylation sites is 4. The second-order valence-electron chi connectivity index (χ2n) is 9.07. The highest BCUT2D eigenvalue weighted by atomic mass is 32.2. The molecule has 0 spiro atoms. The number of nitrogens with zero attached hydrogens (tertiary/aromatic N) is 2. The van der Waals surface area contributed by atoms with Crippen molar-refractivity contribution in [1.29, 1.82) is 0 Å². The Morgan fingerprint density at radius 1 is 0.368 bits per heavy atom. The van der Waals surface area contributed by atoms with Gasteiger partial charge in [-0.15, -0.1) is 0 Å². The number of benzene rings is 5. The van der Waals surface area contributed by atoms with Gasteiger partial charge in [0.05, 0.1) is 42.3 Å². The Morgan fingerprint density at radius 3 is 0.974 bits per heavy atom. The van der Waals surface area contributed by atoms with E-state index in [2.05, 4.69) is 0 Å². The molecule has 0 fully saturated rings. The van der Waals surface area contributed by atoms with Gasteiger partial charge in [-0.05, 0) is 66.7 Å². The lowest BCUT2D eigenvalue weighted by Crippen LogP contribution is -2.23. The van der Waals surface area contributed by atoms with E-state index in [1.807, 2.05) is 58.3 Å². The molecular weight excluding hydrogens is 516 g/mol. The van der Waals surface area contributed by atoms with Crippen molar-refractivity contribution in [1.82, 2.24) is 0 Å². The van der Waals surface area contributed by atoms with Crippen LogP contribution in [0.2, 0.25) is 0 Å². The minimum atomic E-state index is -3.68. The fourth-order valence-electron chi connectivity index (χ4n) is 5.30. The molecule has 5 aromatic rings. The number of fused-ring (bicyclic) bond motifs is 4. The summed E-state index contributed by atoms with van der Waals surface area (Å²) in [5, 5.41) is 0. The summed E-state index contributed by atoms with van der Waals surface area (Å²) < 4.78 is 53.7. The topological polar surface area (TPSA) is 74.8 Å². The third-order valence-electron chi connectivity index (χ3n) is 6.93.